The molecular formula is C18H21N3O3. The number of carbonyl (C=O) groups is 2. The third-order valence-corrected chi connectivity index (χ3v) is 3.39. The van der Waals surface area contributed by atoms with Gasteiger partial charge in [0.2, 0.25) is 0 Å². The molecule has 24 heavy (non-hydrogen) atoms. The molecule has 0 saturated heterocycles. The maximum Gasteiger partial charge on any atom is 0.321 e. The first-order valence-electron chi connectivity index (χ1n) is 7.62. The Morgan fingerprint density at radius 1 is 1.08 bits per heavy atom. The smallest absolute Gasteiger partial charge is 0.321 e. The summed E-state index contributed by atoms with van der Waals surface area (Å²) in [4.78, 5) is 25.3. The molecule has 0 aliphatic carbocycles. The van der Waals surface area contributed by atoms with Crippen LogP contribution in [0.5, 0.6) is 5.75 Å². The van der Waals surface area contributed by atoms with Crippen molar-refractivity contribution >= 4 is 17.6 Å². The summed E-state index contributed by atoms with van der Waals surface area (Å²) in [5.74, 6) is 0.570. The van der Waals surface area contributed by atoms with Crippen molar-refractivity contribution in [3.63, 3.8) is 0 Å². The largest absolute Gasteiger partial charge is 0.492 e. The molecule has 2 aromatic rings. The summed E-state index contributed by atoms with van der Waals surface area (Å²) in [5.41, 5.74) is 1.06. The van der Waals surface area contributed by atoms with Crippen LogP contribution in [0.25, 0.3) is 0 Å². The van der Waals surface area contributed by atoms with Gasteiger partial charge in [0.15, 0.2) is 0 Å². The van der Waals surface area contributed by atoms with Gasteiger partial charge in [0.05, 0.1) is 6.54 Å². The molecule has 3 amide bonds. The van der Waals surface area contributed by atoms with Crippen LogP contribution in [0.1, 0.15) is 10.4 Å². The molecule has 2 N–H and O–H groups in total. The van der Waals surface area contributed by atoms with Crippen molar-refractivity contribution in [2.75, 3.05) is 32.6 Å². The summed E-state index contributed by atoms with van der Waals surface area (Å²) in [7, 11) is 3.25. The van der Waals surface area contributed by atoms with Crippen LogP contribution in [-0.4, -0.2) is 44.1 Å². The second-order valence-electron chi connectivity index (χ2n) is 5.17. The van der Waals surface area contributed by atoms with Crippen molar-refractivity contribution in [2.24, 2.45) is 0 Å². The predicted octanol–water partition coefficient (Wildman–Crippen LogP) is 2.59. The number of nitrogens with one attached hydrogen (secondary N) is 2. The zero-order chi connectivity index (χ0) is 17.4. The Hall–Kier alpha value is -3.02. The van der Waals surface area contributed by atoms with E-state index in [1.165, 1.54) is 4.90 Å². The van der Waals surface area contributed by atoms with Crippen LogP contribution in [0.4, 0.5) is 10.5 Å². The fourth-order valence-electron chi connectivity index (χ4n) is 2.02. The Labute approximate surface area is 141 Å². The first kappa shape index (κ1) is 17.3. The van der Waals surface area contributed by atoms with Crippen LogP contribution in [0.3, 0.4) is 0 Å². The van der Waals surface area contributed by atoms with Gasteiger partial charge in [-0.1, -0.05) is 24.3 Å². The molecular weight excluding hydrogens is 306 g/mol. The lowest BCUT2D eigenvalue weighted by molar-refractivity contribution is 0.0963. The summed E-state index contributed by atoms with van der Waals surface area (Å²) in [5, 5.41) is 5.31. The molecule has 0 saturated carbocycles. The van der Waals surface area contributed by atoms with E-state index in [0.29, 0.717) is 24.4 Å². The molecule has 0 heterocycles. The molecule has 0 unspecified atom stereocenters. The van der Waals surface area contributed by atoms with Gasteiger partial charge in [-0.25, -0.2) is 4.79 Å². The van der Waals surface area contributed by atoms with Crippen molar-refractivity contribution in [2.45, 2.75) is 0 Å². The van der Waals surface area contributed by atoms with Crippen LogP contribution in [0.15, 0.2) is 54.6 Å². The number of ether oxygens (including phenoxy) is 1. The van der Waals surface area contributed by atoms with Crippen LogP contribution in [0, 0.1) is 0 Å². The highest BCUT2D eigenvalue weighted by Gasteiger charge is 2.10. The van der Waals surface area contributed by atoms with Gasteiger partial charge >= 0.3 is 6.03 Å². The minimum atomic E-state index is -0.263. The molecule has 0 aliphatic heterocycles. The summed E-state index contributed by atoms with van der Waals surface area (Å²) in [6.45, 7) is 0.835. The van der Waals surface area contributed by atoms with Crippen LogP contribution in [0.2, 0.25) is 0 Å². The monoisotopic (exact) mass is 327 g/mol. The van der Waals surface area contributed by atoms with Gasteiger partial charge in [-0.2, -0.15) is 0 Å². The lowest BCUT2D eigenvalue weighted by Gasteiger charge is -2.18. The van der Waals surface area contributed by atoms with Gasteiger partial charge < -0.3 is 20.3 Å². The van der Waals surface area contributed by atoms with Gasteiger partial charge in [-0.15, -0.1) is 0 Å². The van der Waals surface area contributed by atoms with E-state index < -0.39 is 0 Å². The average molecular weight is 327 g/mol. The number of benzene rings is 2. The number of urea groups is 1. The quantitative estimate of drug-likeness (QED) is 0.857. The molecule has 0 fully saturated rings. The Morgan fingerprint density at radius 3 is 2.54 bits per heavy atom. The third-order valence-electron chi connectivity index (χ3n) is 3.39. The molecule has 126 valence electrons. The second-order valence-corrected chi connectivity index (χ2v) is 5.17. The van der Waals surface area contributed by atoms with Gasteiger partial charge in [0.1, 0.15) is 12.4 Å². The van der Waals surface area contributed by atoms with E-state index in [1.807, 2.05) is 30.3 Å². The first-order chi connectivity index (χ1) is 11.6. The molecule has 0 bridgehead atoms. The average Bonchev–Trinajstić information content (AvgIpc) is 2.62. The van der Waals surface area contributed by atoms with Gasteiger partial charge in [-0.3, -0.25) is 4.79 Å². The van der Waals surface area contributed by atoms with E-state index in [1.54, 1.807) is 38.4 Å². The maximum absolute atomic E-state index is 12.2. The van der Waals surface area contributed by atoms with Crippen LogP contribution in [-0.2, 0) is 0 Å². The van der Waals surface area contributed by atoms with Crippen LogP contribution < -0.4 is 15.4 Å². The summed E-state index contributed by atoms with van der Waals surface area (Å²) >= 11 is 0. The van der Waals surface area contributed by atoms with E-state index in [2.05, 4.69) is 10.6 Å². The highest BCUT2D eigenvalue weighted by atomic mass is 16.5. The molecule has 0 aromatic heterocycles. The normalized spacial score (nSPS) is 9.92. The summed E-state index contributed by atoms with van der Waals surface area (Å²) in [6, 6.07) is 15.9. The third kappa shape index (κ3) is 5.01. The topological polar surface area (TPSA) is 70.7 Å². The summed E-state index contributed by atoms with van der Waals surface area (Å²) in [6.07, 6.45) is 0. The molecule has 0 radical (unpaired) electrons. The number of amides is 3. The van der Waals surface area contributed by atoms with E-state index in [9.17, 15) is 9.59 Å². The lowest BCUT2D eigenvalue weighted by Crippen LogP contribution is -2.34. The molecule has 0 aliphatic rings. The SMILES string of the molecule is CNC(=O)c1cccc(NC(=O)N(C)CCOc2ccccc2)c1. The predicted molar refractivity (Wildman–Crippen MR) is 93.4 cm³/mol. The Morgan fingerprint density at radius 2 is 1.83 bits per heavy atom. The van der Waals surface area contributed by atoms with E-state index in [-0.39, 0.29) is 11.9 Å². The minimum Gasteiger partial charge on any atom is -0.492 e. The molecule has 6 heteroatoms. The Balaban J connectivity index is 1.84. The highest BCUT2D eigenvalue weighted by molar-refractivity contribution is 5.96. The number of anilines is 1. The second kappa shape index (κ2) is 8.57. The number of para-hydroxylation sites is 1. The number of carbonyl (C=O) groups excluding carboxylic acids is 2. The van der Waals surface area contributed by atoms with Crippen LogP contribution >= 0.6 is 0 Å². The Kier molecular flexibility index (Phi) is 6.19. The summed E-state index contributed by atoms with van der Waals surface area (Å²) < 4.78 is 5.57. The highest BCUT2D eigenvalue weighted by Crippen LogP contribution is 2.11. The maximum atomic E-state index is 12.2. The van der Waals surface area contributed by atoms with Crippen molar-refractivity contribution in [1.29, 1.82) is 0 Å². The van der Waals surface area contributed by atoms with Gasteiger partial charge in [0, 0.05) is 25.3 Å². The van der Waals surface area contributed by atoms with Crippen molar-refractivity contribution in [3.05, 3.63) is 60.2 Å². The zero-order valence-electron chi connectivity index (χ0n) is 13.8. The van der Waals surface area contributed by atoms with Gasteiger partial charge in [-0.05, 0) is 30.3 Å². The van der Waals surface area contributed by atoms with Gasteiger partial charge in [0.25, 0.3) is 5.91 Å². The lowest BCUT2D eigenvalue weighted by atomic mass is 10.2. The fourth-order valence-corrected chi connectivity index (χ4v) is 2.02. The Bertz CT molecular complexity index is 689. The number of hydrogen-bond donors (Lipinski definition) is 2. The van der Waals surface area contributed by atoms with Crippen molar-refractivity contribution < 1.29 is 14.3 Å². The zero-order valence-corrected chi connectivity index (χ0v) is 13.8. The number of hydrogen-bond acceptors (Lipinski definition) is 3. The minimum absolute atomic E-state index is 0.198. The number of likely N-dealkylation sites (N-methyl/N-ethyl adjacent to an activating group) is 1. The van der Waals surface area contributed by atoms with E-state index in [4.69, 9.17) is 4.74 Å². The first-order valence-corrected chi connectivity index (χ1v) is 7.62. The molecule has 0 spiro atoms. The number of nitrogens with zero attached hydrogens (tertiary/aromatic N) is 1. The molecule has 0 atom stereocenters. The molecule has 6 nitrogen and oxygen atoms in total. The standard InChI is InChI=1S/C18H21N3O3/c1-19-17(22)14-7-6-8-15(13-14)20-18(23)21(2)11-12-24-16-9-4-3-5-10-16/h3-10,13H,11-12H2,1-2H3,(H,19,22)(H,20,23). The van der Waals surface area contributed by atoms with Crippen molar-refractivity contribution in [3.8, 4) is 5.75 Å². The number of rotatable bonds is 6. The van der Waals surface area contributed by atoms with E-state index >= 15 is 0 Å². The molecule has 2 rings (SSSR count). The van der Waals surface area contributed by atoms with E-state index in [0.717, 1.165) is 5.75 Å². The molecule has 2 aromatic carbocycles. The fraction of sp³-hybridized carbons (Fsp3) is 0.222. The van der Waals surface area contributed by atoms with Crippen molar-refractivity contribution in [1.82, 2.24) is 10.2 Å².